The smallest absolute Gasteiger partial charge is 0.253 e. The Morgan fingerprint density at radius 2 is 1.79 bits per heavy atom. The van der Waals surface area contributed by atoms with Crippen LogP contribution in [0.25, 0.3) is 10.8 Å². The Bertz CT molecular complexity index is 1160. The fourth-order valence-electron chi connectivity index (χ4n) is 4.33. The van der Waals surface area contributed by atoms with Crippen molar-refractivity contribution in [2.45, 2.75) is 25.8 Å². The number of morpholine rings is 1. The van der Waals surface area contributed by atoms with Crippen LogP contribution in [0.15, 0.2) is 52.9 Å². The Morgan fingerprint density at radius 1 is 1.06 bits per heavy atom. The lowest BCUT2D eigenvalue weighted by molar-refractivity contribution is -0.117. The zero-order valence-electron chi connectivity index (χ0n) is 18.8. The fraction of sp³-hybridized carbons (Fsp3) is 0.385. The van der Waals surface area contributed by atoms with E-state index < -0.39 is 0 Å². The largest absolute Gasteiger partial charge is 0.465 e. The Kier molecular flexibility index (Phi) is 6.15. The highest BCUT2D eigenvalue weighted by atomic mass is 16.5. The van der Waals surface area contributed by atoms with Gasteiger partial charge in [0.15, 0.2) is 0 Å². The standard InChI is InChI=1S/C26H29N3O4/c1-17-6-9-24(33-17)23(29-10-12-32-13-11-29)16-27-26(31)21-14-19-4-2-3-5-20(19)15-22(21)28-25(30)18-7-8-18/h2-6,9,14-15,18,23H,7-8,10-13,16H2,1H3,(H,27,31)(H,28,30). The van der Waals surface area contributed by atoms with Crippen LogP contribution in [0.2, 0.25) is 0 Å². The molecule has 2 fully saturated rings. The predicted octanol–water partition coefficient (Wildman–Crippen LogP) is 3.89. The van der Waals surface area contributed by atoms with E-state index in [1.54, 1.807) is 0 Å². The van der Waals surface area contributed by atoms with Gasteiger partial charge in [0.2, 0.25) is 5.91 Å². The number of benzene rings is 2. The lowest BCUT2D eigenvalue weighted by Gasteiger charge is -2.33. The molecule has 0 spiro atoms. The van der Waals surface area contributed by atoms with E-state index >= 15 is 0 Å². The molecule has 1 saturated heterocycles. The molecule has 0 bridgehead atoms. The number of carbonyl (C=O) groups excluding carboxylic acids is 2. The molecule has 2 aromatic carbocycles. The van der Waals surface area contributed by atoms with Crippen LogP contribution >= 0.6 is 0 Å². The maximum Gasteiger partial charge on any atom is 0.253 e. The SMILES string of the molecule is Cc1ccc(C(CNC(=O)c2cc3ccccc3cc2NC(=O)C2CC2)N2CCOCC2)o1. The number of hydrogen-bond acceptors (Lipinski definition) is 5. The van der Waals surface area contributed by atoms with Crippen LogP contribution in [-0.4, -0.2) is 49.6 Å². The minimum atomic E-state index is -0.214. The number of anilines is 1. The van der Waals surface area contributed by atoms with Gasteiger partial charge in [-0.05, 0) is 54.8 Å². The molecule has 172 valence electrons. The maximum atomic E-state index is 13.4. The van der Waals surface area contributed by atoms with Crippen LogP contribution < -0.4 is 10.6 Å². The van der Waals surface area contributed by atoms with E-state index in [-0.39, 0.29) is 23.8 Å². The zero-order chi connectivity index (χ0) is 22.8. The van der Waals surface area contributed by atoms with Crippen LogP contribution in [0.5, 0.6) is 0 Å². The maximum absolute atomic E-state index is 13.4. The highest BCUT2D eigenvalue weighted by Gasteiger charge is 2.31. The summed E-state index contributed by atoms with van der Waals surface area (Å²) in [5.74, 6) is 1.50. The Balaban J connectivity index is 1.39. The molecule has 1 aliphatic carbocycles. The third kappa shape index (κ3) is 4.94. The zero-order valence-corrected chi connectivity index (χ0v) is 18.8. The van der Waals surface area contributed by atoms with Crippen molar-refractivity contribution in [3.8, 4) is 0 Å². The number of ether oxygens (including phenoxy) is 1. The van der Waals surface area contributed by atoms with Crippen molar-refractivity contribution in [2.75, 3.05) is 38.2 Å². The molecule has 1 atom stereocenters. The average Bonchev–Trinajstić information content (AvgIpc) is 3.61. The molecular weight excluding hydrogens is 418 g/mol. The number of nitrogens with one attached hydrogen (secondary N) is 2. The topological polar surface area (TPSA) is 83.8 Å². The summed E-state index contributed by atoms with van der Waals surface area (Å²) in [6.45, 7) is 5.19. The minimum Gasteiger partial charge on any atom is -0.465 e. The molecule has 0 radical (unpaired) electrons. The Hall–Kier alpha value is -3.16. The number of rotatable bonds is 7. The van der Waals surface area contributed by atoms with Gasteiger partial charge in [0.25, 0.3) is 5.91 Å². The molecule has 33 heavy (non-hydrogen) atoms. The number of carbonyl (C=O) groups is 2. The summed E-state index contributed by atoms with van der Waals surface area (Å²) < 4.78 is 11.4. The van der Waals surface area contributed by atoms with Gasteiger partial charge >= 0.3 is 0 Å². The minimum absolute atomic E-state index is 0.0171. The van der Waals surface area contributed by atoms with Crippen molar-refractivity contribution in [1.82, 2.24) is 10.2 Å². The molecule has 1 aromatic heterocycles. The van der Waals surface area contributed by atoms with Gasteiger partial charge in [0, 0.05) is 25.6 Å². The first-order chi connectivity index (χ1) is 16.1. The van der Waals surface area contributed by atoms with Crippen molar-refractivity contribution in [3.63, 3.8) is 0 Å². The predicted molar refractivity (Wildman–Crippen MR) is 126 cm³/mol. The summed E-state index contributed by atoms with van der Waals surface area (Å²) >= 11 is 0. The van der Waals surface area contributed by atoms with Gasteiger partial charge in [-0.25, -0.2) is 0 Å². The normalized spacial score (nSPS) is 17.6. The molecular formula is C26H29N3O4. The van der Waals surface area contributed by atoms with E-state index in [9.17, 15) is 9.59 Å². The highest BCUT2D eigenvalue weighted by molar-refractivity contribution is 6.08. The van der Waals surface area contributed by atoms with Crippen molar-refractivity contribution in [2.24, 2.45) is 5.92 Å². The third-order valence-electron chi connectivity index (χ3n) is 6.37. The Labute approximate surface area is 193 Å². The summed E-state index contributed by atoms with van der Waals surface area (Å²) in [4.78, 5) is 28.1. The van der Waals surface area contributed by atoms with Crippen molar-refractivity contribution < 1.29 is 18.7 Å². The summed E-state index contributed by atoms with van der Waals surface area (Å²) in [5.41, 5.74) is 1.03. The quantitative estimate of drug-likeness (QED) is 0.574. The van der Waals surface area contributed by atoms with Crippen molar-refractivity contribution in [3.05, 3.63) is 65.6 Å². The lowest BCUT2D eigenvalue weighted by atomic mass is 10.0. The molecule has 2 heterocycles. The fourth-order valence-corrected chi connectivity index (χ4v) is 4.33. The summed E-state index contributed by atoms with van der Waals surface area (Å²) in [6, 6.07) is 15.4. The molecule has 7 heteroatoms. The van der Waals surface area contributed by atoms with Gasteiger partial charge in [0.1, 0.15) is 11.5 Å². The molecule has 1 unspecified atom stereocenters. The van der Waals surface area contributed by atoms with E-state index in [1.165, 1.54) is 0 Å². The molecule has 2 amide bonds. The van der Waals surface area contributed by atoms with Crippen LogP contribution in [0.4, 0.5) is 5.69 Å². The second kappa shape index (κ2) is 9.37. The van der Waals surface area contributed by atoms with E-state index in [4.69, 9.17) is 9.15 Å². The number of amides is 2. The van der Waals surface area contributed by atoms with Gasteiger partial charge in [-0.15, -0.1) is 0 Å². The van der Waals surface area contributed by atoms with Gasteiger partial charge in [0.05, 0.1) is 30.5 Å². The summed E-state index contributed by atoms with van der Waals surface area (Å²) in [5, 5.41) is 8.02. The number of nitrogens with zero attached hydrogens (tertiary/aromatic N) is 1. The average molecular weight is 448 g/mol. The number of furan rings is 1. The lowest BCUT2D eigenvalue weighted by Crippen LogP contribution is -2.43. The number of aryl methyl sites for hydroxylation is 1. The van der Waals surface area contributed by atoms with Crippen LogP contribution in [-0.2, 0) is 9.53 Å². The molecule has 2 N–H and O–H groups in total. The third-order valence-corrected chi connectivity index (χ3v) is 6.37. The van der Waals surface area contributed by atoms with Crippen LogP contribution in [0, 0.1) is 12.8 Å². The van der Waals surface area contributed by atoms with E-state index in [0.717, 1.165) is 48.2 Å². The second-order valence-electron chi connectivity index (χ2n) is 8.83. The first-order valence-corrected chi connectivity index (χ1v) is 11.6. The van der Waals surface area contributed by atoms with E-state index in [0.29, 0.717) is 31.0 Å². The summed E-state index contributed by atoms with van der Waals surface area (Å²) in [6.07, 6.45) is 1.81. The first-order valence-electron chi connectivity index (χ1n) is 11.6. The van der Waals surface area contributed by atoms with Crippen LogP contribution in [0.3, 0.4) is 0 Å². The van der Waals surface area contributed by atoms with Gasteiger partial charge in [-0.2, -0.15) is 0 Å². The van der Waals surface area contributed by atoms with Crippen molar-refractivity contribution in [1.29, 1.82) is 0 Å². The molecule has 1 saturated carbocycles. The Morgan fingerprint density at radius 3 is 2.45 bits per heavy atom. The highest BCUT2D eigenvalue weighted by Crippen LogP contribution is 2.32. The molecule has 2 aliphatic rings. The number of hydrogen-bond donors (Lipinski definition) is 2. The van der Waals surface area contributed by atoms with E-state index in [1.807, 2.05) is 55.5 Å². The molecule has 7 nitrogen and oxygen atoms in total. The first kappa shape index (κ1) is 21.7. The van der Waals surface area contributed by atoms with E-state index in [2.05, 4.69) is 15.5 Å². The van der Waals surface area contributed by atoms with Gasteiger partial charge in [-0.3, -0.25) is 14.5 Å². The van der Waals surface area contributed by atoms with Crippen LogP contribution in [0.1, 0.15) is 40.8 Å². The second-order valence-corrected chi connectivity index (χ2v) is 8.83. The number of fused-ring (bicyclic) bond motifs is 1. The van der Waals surface area contributed by atoms with Crippen molar-refractivity contribution >= 4 is 28.3 Å². The van der Waals surface area contributed by atoms with Gasteiger partial charge in [-0.1, -0.05) is 24.3 Å². The molecule has 5 rings (SSSR count). The molecule has 3 aromatic rings. The summed E-state index contributed by atoms with van der Waals surface area (Å²) in [7, 11) is 0. The monoisotopic (exact) mass is 447 g/mol. The van der Waals surface area contributed by atoms with Gasteiger partial charge < -0.3 is 19.8 Å². The molecule has 1 aliphatic heterocycles.